The molecule has 21 heavy (non-hydrogen) atoms. The number of rotatable bonds is 7. The minimum atomic E-state index is 0.348. The van der Waals surface area contributed by atoms with E-state index >= 15 is 0 Å². The fraction of sp³-hybridized carbons (Fsp3) is 0.471. The highest BCUT2D eigenvalue weighted by atomic mass is 15.3. The first kappa shape index (κ1) is 15.6. The molecule has 0 radical (unpaired) electrons. The van der Waals surface area contributed by atoms with Gasteiger partial charge in [0.05, 0.1) is 5.69 Å². The predicted octanol–water partition coefficient (Wildman–Crippen LogP) is 2.91. The van der Waals surface area contributed by atoms with Crippen LogP contribution in [0, 0.1) is 6.92 Å². The summed E-state index contributed by atoms with van der Waals surface area (Å²) >= 11 is 0. The van der Waals surface area contributed by atoms with Crippen LogP contribution in [0.2, 0.25) is 0 Å². The lowest BCUT2D eigenvalue weighted by molar-refractivity contribution is 0.556. The van der Waals surface area contributed by atoms with Crippen LogP contribution in [0.4, 0.5) is 5.69 Å². The first-order valence-electron chi connectivity index (χ1n) is 7.57. The molecule has 0 fully saturated rings. The van der Waals surface area contributed by atoms with E-state index in [1.54, 1.807) is 0 Å². The molecule has 0 aliphatic rings. The van der Waals surface area contributed by atoms with Gasteiger partial charge in [0, 0.05) is 44.1 Å². The summed E-state index contributed by atoms with van der Waals surface area (Å²) in [6.45, 7) is 6.32. The summed E-state index contributed by atoms with van der Waals surface area (Å²) in [5.41, 5.74) is 3.67. The minimum absolute atomic E-state index is 0.348. The summed E-state index contributed by atoms with van der Waals surface area (Å²) < 4.78 is 1.88. The summed E-state index contributed by atoms with van der Waals surface area (Å²) in [6.07, 6.45) is 3.22. The second-order valence-corrected chi connectivity index (χ2v) is 5.63. The van der Waals surface area contributed by atoms with Gasteiger partial charge in [-0.3, -0.25) is 4.68 Å². The van der Waals surface area contributed by atoms with Crippen molar-refractivity contribution in [1.82, 2.24) is 15.1 Å². The molecule has 1 N–H and O–H groups in total. The third-order valence-electron chi connectivity index (χ3n) is 3.84. The Morgan fingerprint density at radius 2 is 2.00 bits per heavy atom. The molecule has 1 unspecified atom stereocenters. The van der Waals surface area contributed by atoms with Crippen molar-refractivity contribution in [2.75, 3.05) is 25.0 Å². The molecule has 4 nitrogen and oxygen atoms in total. The molecule has 0 amide bonds. The third-order valence-corrected chi connectivity index (χ3v) is 3.84. The molecule has 4 heteroatoms. The van der Waals surface area contributed by atoms with E-state index in [9.17, 15) is 0 Å². The molecular formula is C17H26N4. The monoisotopic (exact) mass is 286 g/mol. The quantitative estimate of drug-likeness (QED) is 0.795. The van der Waals surface area contributed by atoms with Crippen molar-refractivity contribution in [2.45, 2.75) is 26.3 Å². The Labute approximate surface area is 127 Å². The Kier molecular flexibility index (Phi) is 5.39. The number of aromatic nitrogens is 2. The number of hydrogen-bond donors (Lipinski definition) is 1. The van der Waals surface area contributed by atoms with E-state index in [0.717, 1.165) is 25.2 Å². The molecule has 0 aliphatic heterocycles. The van der Waals surface area contributed by atoms with Gasteiger partial charge < -0.3 is 10.2 Å². The number of nitrogens with one attached hydrogen (secondary N) is 1. The minimum Gasteiger partial charge on any atom is -0.375 e. The average molecular weight is 286 g/mol. The smallest absolute Gasteiger partial charge is 0.0641 e. The highest BCUT2D eigenvalue weighted by molar-refractivity contribution is 5.44. The van der Waals surface area contributed by atoms with Crippen molar-refractivity contribution in [1.29, 1.82) is 0 Å². The van der Waals surface area contributed by atoms with E-state index in [0.29, 0.717) is 6.04 Å². The second-order valence-electron chi connectivity index (χ2n) is 5.63. The zero-order valence-electron chi connectivity index (χ0n) is 13.5. The van der Waals surface area contributed by atoms with Gasteiger partial charge in [0.2, 0.25) is 0 Å². The Balaban J connectivity index is 1.73. The van der Waals surface area contributed by atoms with Crippen LogP contribution in [-0.2, 0) is 7.05 Å². The standard InChI is InChI=1S/C17H26N4/c1-14(17-13-21(4)19-15(17)2)18-11-8-12-20(3)16-9-6-5-7-10-16/h5-7,9-10,13-14,18H,8,11-12H2,1-4H3. The molecule has 1 aromatic carbocycles. The van der Waals surface area contributed by atoms with E-state index in [2.05, 4.69) is 72.7 Å². The van der Waals surface area contributed by atoms with E-state index < -0.39 is 0 Å². The van der Waals surface area contributed by atoms with E-state index in [4.69, 9.17) is 0 Å². The Bertz CT molecular complexity index is 547. The summed E-state index contributed by atoms with van der Waals surface area (Å²) in [5.74, 6) is 0. The molecule has 0 aliphatic carbocycles. The third kappa shape index (κ3) is 4.33. The number of nitrogens with zero attached hydrogens (tertiary/aromatic N) is 3. The van der Waals surface area contributed by atoms with Crippen molar-refractivity contribution in [2.24, 2.45) is 7.05 Å². The van der Waals surface area contributed by atoms with Gasteiger partial charge in [0.15, 0.2) is 0 Å². The van der Waals surface area contributed by atoms with Crippen LogP contribution in [0.15, 0.2) is 36.5 Å². The summed E-state index contributed by atoms with van der Waals surface area (Å²) in [4.78, 5) is 2.29. The lowest BCUT2D eigenvalue weighted by Gasteiger charge is -2.20. The lowest BCUT2D eigenvalue weighted by atomic mass is 10.1. The zero-order chi connectivity index (χ0) is 15.2. The SMILES string of the molecule is Cc1nn(C)cc1C(C)NCCCN(C)c1ccccc1. The van der Waals surface area contributed by atoms with Crippen molar-refractivity contribution in [3.63, 3.8) is 0 Å². The van der Waals surface area contributed by atoms with Gasteiger partial charge in [-0.15, -0.1) is 0 Å². The van der Waals surface area contributed by atoms with Crippen molar-refractivity contribution in [3.8, 4) is 0 Å². The number of para-hydroxylation sites is 1. The topological polar surface area (TPSA) is 33.1 Å². The number of hydrogen-bond acceptors (Lipinski definition) is 3. The molecule has 1 aromatic heterocycles. The maximum atomic E-state index is 4.40. The molecular weight excluding hydrogens is 260 g/mol. The van der Waals surface area contributed by atoms with Crippen molar-refractivity contribution < 1.29 is 0 Å². The zero-order valence-corrected chi connectivity index (χ0v) is 13.5. The summed E-state index contributed by atoms with van der Waals surface area (Å²) in [5, 5.41) is 7.98. The predicted molar refractivity (Wildman–Crippen MR) is 88.7 cm³/mol. The van der Waals surface area contributed by atoms with Gasteiger partial charge in [-0.2, -0.15) is 5.10 Å². The van der Waals surface area contributed by atoms with Crippen LogP contribution < -0.4 is 10.2 Å². The lowest BCUT2D eigenvalue weighted by Crippen LogP contribution is -2.25. The Morgan fingerprint density at radius 3 is 2.62 bits per heavy atom. The highest BCUT2D eigenvalue weighted by Gasteiger charge is 2.10. The van der Waals surface area contributed by atoms with E-state index in [-0.39, 0.29) is 0 Å². The van der Waals surface area contributed by atoms with Crippen molar-refractivity contribution >= 4 is 5.69 Å². The molecule has 0 spiro atoms. The van der Waals surface area contributed by atoms with Gasteiger partial charge in [-0.1, -0.05) is 18.2 Å². The van der Waals surface area contributed by atoms with E-state index in [1.165, 1.54) is 11.3 Å². The normalized spacial score (nSPS) is 12.4. The molecule has 1 heterocycles. The van der Waals surface area contributed by atoms with Crippen LogP contribution in [0.3, 0.4) is 0 Å². The maximum absolute atomic E-state index is 4.40. The average Bonchev–Trinajstić information content (AvgIpc) is 2.83. The molecule has 1 atom stereocenters. The summed E-state index contributed by atoms with van der Waals surface area (Å²) in [7, 11) is 4.11. The molecule has 114 valence electrons. The first-order valence-corrected chi connectivity index (χ1v) is 7.57. The van der Waals surface area contributed by atoms with Gasteiger partial charge in [-0.25, -0.2) is 0 Å². The Morgan fingerprint density at radius 1 is 1.29 bits per heavy atom. The van der Waals surface area contributed by atoms with Gasteiger partial charge >= 0.3 is 0 Å². The number of aryl methyl sites for hydroxylation is 2. The highest BCUT2D eigenvalue weighted by Crippen LogP contribution is 2.15. The van der Waals surface area contributed by atoms with Gasteiger partial charge in [-0.05, 0) is 38.9 Å². The maximum Gasteiger partial charge on any atom is 0.0641 e. The molecule has 2 aromatic rings. The van der Waals surface area contributed by atoms with Crippen LogP contribution in [0.25, 0.3) is 0 Å². The van der Waals surface area contributed by atoms with Crippen LogP contribution in [-0.4, -0.2) is 29.9 Å². The Hall–Kier alpha value is -1.81. The first-order chi connectivity index (χ1) is 10.1. The second kappa shape index (κ2) is 7.27. The van der Waals surface area contributed by atoms with Crippen LogP contribution in [0.5, 0.6) is 0 Å². The number of benzene rings is 1. The van der Waals surface area contributed by atoms with Crippen molar-refractivity contribution in [3.05, 3.63) is 47.8 Å². The van der Waals surface area contributed by atoms with E-state index in [1.807, 2.05) is 11.7 Å². The fourth-order valence-electron chi connectivity index (χ4n) is 2.60. The molecule has 0 saturated carbocycles. The fourth-order valence-corrected chi connectivity index (χ4v) is 2.60. The van der Waals surface area contributed by atoms with Gasteiger partial charge in [0.25, 0.3) is 0 Å². The molecule has 2 rings (SSSR count). The molecule has 0 bridgehead atoms. The summed E-state index contributed by atoms with van der Waals surface area (Å²) in [6, 6.07) is 10.9. The number of anilines is 1. The van der Waals surface area contributed by atoms with Crippen LogP contribution in [0.1, 0.15) is 30.6 Å². The largest absolute Gasteiger partial charge is 0.375 e. The molecule has 0 saturated heterocycles. The van der Waals surface area contributed by atoms with Gasteiger partial charge in [0.1, 0.15) is 0 Å². The van der Waals surface area contributed by atoms with Crippen LogP contribution >= 0.6 is 0 Å².